The largest absolute Gasteiger partial charge is 0.418 e. The molecule has 1 rings (SSSR count). The van der Waals surface area contributed by atoms with Gasteiger partial charge in [-0.1, -0.05) is 0 Å². The van der Waals surface area contributed by atoms with Crippen LogP contribution in [0.1, 0.15) is 19.4 Å². The van der Waals surface area contributed by atoms with Gasteiger partial charge in [0.1, 0.15) is 0 Å². The number of carbonyl (C=O) groups is 3. The Bertz CT molecular complexity index is 632. The summed E-state index contributed by atoms with van der Waals surface area (Å²) in [7, 11) is 0. The number of nitrogens with one attached hydrogen (secondary N) is 4. The van der Waals surface area contributed by atoms with Crippen molar-refractivity contribution >= 4 is 29.2 Å². The standard InChI is InChI=1S/C14H17F3N4O3/c1-3-18-13(24)21-12(23)7-19-11-5-4-9(20-8(2)22)6-10(11)14(15,16)17/h4-6,19H,3,7H2,1-2H3,(H,20,22)(H2,18,21,23,24). The Morgan fingerprint density at radius 2 is 1.83 bits per heavy atom. The molecule has 0 fully saturated rings. The molecule has 0 bridgehead atoms. The van der Waals surface area contributed by atoms with Gasteiger partial charge in [-0.05, 0) is 25.1 Å². The van der Waals surface area contributed by atoms with E-state index in [-0.39, 0.29) is 11.4 Å². The molecule has 0 aliphatic carbocycles. The summed E-state index contributed by atoms with van der Waals surface area (Å²) in [4.78, 5) is 33.6. The third-order valence-electron chi connectivity index (χ3n) is 2.68. The fourth-order valence-electron chi connectivity index (χ4n) is 1.77. The second kappa shape index (κ2) is 8.18. The highest BCUT2D eigenvalue weighted by molar-refractivity contribution is 5.96. The van der Waals surface area contributed by atoms with Crippen molar-refractivity contribution in [1.29, 1.82) is 0 Å². The number of halogens is 3. The number of rotatable bonds is 5. The molecule has 0 radical (unpaired) electrons. The summed E-state index contributed by atoms with van der Waals surface area (Å²) in [5.74, 6) is -1.30. The van der Waals surface area contributed by atoms with E-state index in [0.717, 1.165) is 12.1 Å². The number of anilines is 2. The summed E-state index contributed by atoms with van der Waals surface area (Å²) in [6.45, 7) is 2.59. The monoisotopic (exact) mass is 346 g/mol. The third kappa shape index (κ3) is 6.15. The van der Waals surface area contributed by atoms with Gasteiger partial charge in [-0.2, -0.15) is 13.2 Å². The molecular formula is C14H17F3N4O3. The first-order chi connectivity index (χ1) is 11.1. The number of alkyl halides is 3. The van der Waals surface area contributed by atoms with Crippen LogP contribution in [0.25, 0.3) is 0 Å². The zero-order chi connectivity index (χ0) is 18.3. The van der Waals surface area contributed by atoms with Crippen LogP contribution in [0.5, 0.6) is 0 Å². The highest BCUT2D eigenvalue weighted by atomic mass is 19.4. The van der Waals surface area contributed by atoms with E-state index in [1.54, 1.807) is 6.92 Å². The lowest BCUT2D eigenvalue weighted by Crippen LogP contribution is -2.41. The molecule has 1 aromatic carbocycles. The van der Waals surface area contributed by atoms with E-state index in [0.29, 0.717) is 6.54 Å². The number of hydrogen-bond acceptors (Lipinski definition) is 4. The summed E-state index contributed by atoms with van der Waals surface area (Å²) in [5.41, 5.74) is -1.41. The summed E-state index contributed by atoms with van der Waals surface area (Å²) in [6, 6.07) is 2.38. The molecule has 1 aromatic rings. The second-order valence-electron chi connectivity index (χ2n) is 4.70. The van der Waals surface area contributed by atoms with Crippen LogP contribution in [0, 0.1) is 0 Å². The Balaban J connectivity index is 2.85. The fourth-order valence-corrected chi connectivity index (χ4v) is 1.77. The Morgan fingerprint density at radius 3 is 2.38 bits per heavy atom. The van der Waals surface area contributed by atoms with Crippen molar-refractivity contribution in [1.82, 2.24) is 10.6 Å². The van der Waals surface area contributed by atoms with Crippen molar-refractivity contribution in [2.75, 3.05) is 23.7 Å². The predicted octanol–water partition coefficient (Wildman–Crippen LogP) is 1.92. The Kier molecular flexibility index (Phi) is 6.57. The Morgan fingerprint density at radius 1 is 1.17 bits per heavy atom. The van der Waals surface area contributed by atoms with E-state index >= 15 is 0 Å². The van der Waals surface area contributed by atoms with E-state index in [1.165, 1.54) is 13.0 Å². The minimum Gasteiger partial charge on any atom is -0.376 e. The number of carbonyl (C=O) groups excluding carboxylic acids is 3. The quantitative estimate of drug-likeness (QED) is 0.654. The first-order valence-corrected chi connectivity index (χ1v) is 6.94. The molecule has 4 N–H and O–H groups in total. The van der Waals surface area contributed by atoms with Crippen LogP contribution in [0.3, 0.4) is 0 Å². The maximum Gasteiger partial charge on any atom is 0.418 e. The van der Waals surface area contributed by atoms with E-state index in [9.17, 15) is 27.6 Å². The lowest BCUT2D eigenvalue weighted by atomic mass is 10.1. The molecule has 0 heterocycles. The minimum atomic E-state index is -4.69. The lowest BCUT2D eigenvalue weighted by molar-refractivity contribution is -0.137. The smallest absolute Gasteiger partial charge is 0.376 e. The van der Waals surface area contributed by atoms with Crippen molar-refractivity contribution in [3.63, 3.8) is 0 Å². The minimum absolute atomic E-state index is 0.0212. The van der Waals surface area contributed by atoms with Crippen molar-refractivity contribution in [3.05, 3.63) is 23.8 Å². The first-order valence-electron chi connectivity index (χ1n) is 6.94. The molecule has 0 aromatic heterocycles. The van der Waals surface area contributed by atoms with Crippen molar-refractivity contribution in [2.24, 2.45) is 0 Å². The Hall–Kier alpha value is -2.78. The molecule has 0 saturated heterocycles. The van der Waals surface area contributed by atoms with E-state index in [2.05, 4.69) is 16.0 Å². The molecule has 7 nitrogen and oxygen atoms in total. The number of urea groups is 1. The Labute approximate surface area is 136 Å². The van der Waals surface area contributed by atoms with Crippen LogP contribution < -0.4 is 21.3 Å². The average molecular weight is 346 g/mol. The van der Waals surface area contributed by atoms with Gasteiger partial charge < -0.3 is 16.0 Å². The molecule has 4 amide bonds. The van der Waals surface area contributed by atoms with Gasteiger partial charge >= 0.3 is 12.2 Å². The summed E-state index contributed by atoms with van der Waals surface area (Å²) < 4.78 is 39.3. The summed E-state index contributed by atoms with van der Waals surface area (Å²) in [6.07, 6.45) is -4.69. The van der Waals surface area contributed by atoms with Crippen LogP contribution in [0.4, 0.5) is 29.3 Å². The maximum absolute atomic E-state index is 13.1. The molecule has 24 heavy (non-hydrogen) atoms. The molecular weight excluding hydrogens is 329 g/mol. The molecule has 0 atom stereocenters. The summed E-state index contributed by atoms with van der Waals surface area (Å²) in [5, 5.41) is 8.85. The van der Waals surface area contributed by atoms with E-state index < -0.39 is 36.1 Å². The highest BCUT2D eigenvalue weighted by Gasteiger charge is 2.34. The van der Waals surface area contributed by atoms with Gasteiger partial charge in [-0.25, -0.2) is 4.79 Å². The number of hydrogen-bond donors (Lipinski definition) is 4. The number of imide groups is 1. The van der Waals surface area contributed by atoms with Crippen LogP contribution in [-0.2, 0) is 15.8 Å². The normalized spacial score (nSPS) is 10.7. The van der Waals surface area contributed by atoms with Gasteiger partial charge in [0.05, 0.1) is 12.1 Å². The van der Waals surface area contributed by atoms with Gasteiger partial charge in [0.2, 0.25) is 11.8 Å². The second-order valence-corrected chi connectivity index (χ2v) is 4.70. The summed E-state index contributed by atoms with van der Waals surface area (Å²) >= 11 is 0. The fraction of sp³-hybridized carbons (Fsp3) is 0.357. The van der Waals surface area contributed by atoms with Gasteiger partial charge in [-0.3, -0.25) is 14.9 Å². The molecule has 10 heteroatoms. The van der Waals surface area contributed by atoms with Gasteiger partial charge in [0, 0.05) is 24.8 Å². The van der Waals surface area contributed by atoms with Gasteiger partial charge in [-0.15, -0.1) is 0 Å². The molecule has 0 aliphatic rings. The predicted molar refractivity (Wildman–Crippen MR) is 81.5 cm³/mol. The molecule has 132 valence electrons. The zero-order valence-corrected chi connectivity index (χ0v) is 13.0. The topological polar surface area (TPSA) is 99.3 Å². The van der Waals surface area contributed by atoms with E-state index in [4.69, 9.17) is 0 Å². The van der Waals surface area contributed by atoms with Crippen molar-refractivity contribution in [3.8, 4) is 0 Å². The average Bonchev–Trinajstić information content (AvgIpc) is 2.44. The molecule has 0 unspecified atom stereocenters. The molecule has 0 spiro atoms. The molecule has 0 aliphatic heterocycles. The van der Waals surface area contributed by atoms with E-state index in [1.807, 2.05) is 5.32 Å². The zero-order valence-electron chi connectivity index (χ0n) is 13.0. The van der Waals surface area contributed by atoms with Crippen molar-refractivity contribution < 1.29 is 27.6 Å². The first kappa shape index (κ1) is 19.3. The maximum atomic E-state index is 13.1. The SMILES string of the molecule is CCNC(=O)NC(=O)CNc1ccc(NC(C)=O)cc1C(F)(F)F. The van der Waals surface area contributed by atoms with Crippen LogP contribution >= 0.6 is 0 Å². The van der Waals surface area contributed by atoms with Crippen LogP contribution in [-0.4, -0.2) is 30.9 Å². The number of benzene rings is 1. The third-order valence-corrected chi connectivity index (χ3v) is 2.68. The lowest BCUT2D eigenvalue weighted by Gasteiger charge is -2.16. The van der Waals surface area contributed by atoms with Crippen LogP contribution in [0.15, 0.2) is 18.2 Å². The highest BCUT2D eigenvalue weighted by Crippen LogP contribution is 2.36. The van der Waals surface area contributed by atoms with Crippen LogP contribution in [0.2, 0.25) is 0 Å². The van der Waals surface area contributed by atoms with Gasteiger partial charge in [0.25, 0.3) is 0 Å². The van der Waals surface area contributed by atoms with Gasteiger partial charge in [0.15, 0.2) is 0 Å². The van der Waals surface area contributed by atoms with Crippen molar-refractivity contribution in [2.45, 2.75) is 20.0 Å². The molecule has 0 saturated carbocycles. The number of amides is 4.